The van der Waals surface area contributed by atoms with Crippen LogP contribution in [0.4, 0.5) is 5.13 Å². The Morgan fingerprint density at radius 2 is 2.19 bits per heavy atom. The molecule has 1 aliphatic carbocycles. The Balaban J connectivity index is 1.63. The molecule has 1 aliphatic rings. The van der Waals surface area contributed by atoms with Crippen LogP contribution >= 0.6 is 11.3 Å². The van der Waals surface area contributed by atoms with Crippen molar-refractivity contribution in [1.82, 2.24) is 10.2 Å². The molecule has 108 valence electrons. The van der Waals surface area contributed by atoms with Crippen molar-refractivity contribution < 1.29 is 9.53 Å². The molecule has 1 saturated carbocycles. The van der Waals surface area contributed by atoms with E-state index in [9.17, 15) is 4.79 Å². The van der Waals surface area contributed by atoms with Gasteiger partial charge in [0, 0.05) is 17.6 Å². The highest BCUT2D eigenvalue weighted by molar-refractivity contribution is 7.15. The van der Waals surface area contributed by atoms with Crippen LogP contribution in [0.25, 0.3) is 6.08 Å². The molecule has 1 aromatic heterocycles. The number of hydrogen-bond acceptors (Lipinski definition) is 5. The molecule has 0 radical (unpaired) electrons. The predicted octanol–water partition coefficient (Wildman–Crippen LogP) is 3.08. The van der Waals surface area contributed by atoms with Crippen LogP contribution in [0.1, 0.15) is 29.3 Å². The Bertz CT molecular complexity index is 677. The van der Waals surface area contributed by atoms with E-state index >= 15 is 0 Å². The van der Waals surface area contributed by atoms with E-state index in [0.717, 1.165) is 16.3 Å². The summed E-state index contributed by atoms with van der Waals surface area (Å²) in [6.45, 7) is 0. The molecule has 0 atom stereocenters. The first-order chi connectivity index (χ1) is 10.3. The number of methoxy groups -OCH3 is 1. The number of nitrogens with zero attached hydrogens (tertiary/aromatic N) is 2. The lowest BCUT2D eigenvalue weighted by molar-refractivity contribution is -0.111. The molecule has 21 heavy (non-hydrogen) atoms. The second-order valence-corrected chi connectivity index (χ2v) is 5.79. The van der Waals surface area contributed by atoms with Gasteiger partial charge >= 0.3 is 0 Å². The lowest BCUT2D eigenvalue weighted by Gasteiger charge is -2.03. The summed E-state index contributed by atoms with van der Waals surface area (Å²) >= 11 is 1.45. The summed E-state index contributed by atoms with van der Waals surface area (Å²) in [5.74, 6) is 1.06. The van der Waals surface area contributed by atoms with E-state index in [0.29, 0.717) is 11.0 Å². The molecule has 2 aromatic rings. The molecule has 0 bridgehead atoms. The Labute approximate surface area is 126 Å². The predicted molar refractivity (Wildman–Crippen MR) is 82.5 cm³/mol. The fraction of sp³-hybridized carbons (Fsp3) is 0.267. The normalized spacial score (nSPS) is 14.3. The molecule has 1 heterocycles. The van der Waals surface area contributed by atoms with Crippen LogP contribution in [0.3, 0.4) is 0 Å². The SMILES string of the molecule is COc1ccccc1/C=C/C(=O)Nc1nnc(C2CC2)s1. The summed E-state index contributed by atoms with van der Waals surface area (Å²) in [6.07, 6.45) is 5.54. The van der Waals surface area contributed by atoms with E-state index in [2.05, 4.69) is 15.5 Å². The minimum Gasteiger partial charge on any atom is -0.496 e. The van der Waals surface area contributed by atoms with Crippen LogP contribution in [-0.2, 0) is 4.79 Å². The summed E-state index contributed by atoms with van der Waals surface area (Å²) in [4.78, 5) is 11.9. The van der Waals surface area contributed by atoms with E-state index in [1.165, 1.54) is 30.3 Å². The quantitative estimate of drug-likeness (QED) is 0.862. The molecule has 0 unspecified atom stereocenters. The fourth-order valence-corrected chi connectivity index (χ4v) is 2.81. The molecule has 1 N–H and O–H groups in total. The van der Waals surface area contributed by atoms with Gasteiger partial charge < -0.3 is 4.74 Å². The molecule has 3 rings (SSSR count). The summed E-state index contributed by atoms with van der Waals surface area (Å²) in [5.41, 5.74) is 0.853. The van der Waals surface area contributed by atoms with Gasteiger partial charge in [-0.2, -0.15) is 0 Å². The molecule has 1 fully saturated rings. The standard InChI is InChI=1S/C15H15N3O2S/c1-20-12-5-3-2-4-10(12)8-9-13(19)16-15-18-17-14(21-15)11-6-7-11/h2-5,8-9,11H,6-7H2,1H3,(H,16,18,19)/b9-8+. The van der Waals surface area contributed by atoms with Crippen molar-refractivity contribution >= 4 is 28.5 Å². The van der Waals surface area contributed by atoms with Crippen molar-refractivity contribution in [2.45, 2.75) is 18.8 Å². The van der Waals surface area contributed by atoms with E-state index in [4.69, 9.17) is 4.74 Å². The third kappa shape index (κ3) is 3.46. The number of amides is 1. The first-order valence-electron chi connectivity index (χ1n) is 6.72. The maximum Gasteiger partial charge on any atom is 0.250 e. The minimum absolute atomic E-state index is 0.223. The molecular weight excluding hydrogens is 286 g/mol. The van der Waals surface area contributed by atoms with Crippen LogP contribution < -0.4 is 10.1 Å². The average Bonchev–Trinajstić information content (AvgIpc) is 3.26. The molecular formula is C15H15N3O2S. The number of ether oxygens (including phenoxy) is 1. The summed E-state index contributed by atoms with van der Waals surface area (Å²) in [5, 5.41) is 12.4. The number of benzene rings is 1. The maximum atomic E-state index is 11.9. The van der Waals surface area contributed by atoms with E-state index < -0.39 is 0 Å². The highest BCUT2D eigenvalue weighted by Gasteiger charge is 2.27. The molecule has 1 aromatic carbocycles. The zero-order chi connectivity index (χ0) is 14.7. The second-order valence-electron chi connectivity index (χ2n) is 4.78. The topological polar surface area (TPSA) is 64.1 Å². The largest absolute Gasteiger partial charge is 0.496 e. The molecule has 0 aliphatic heterocycles. The number of hydrogen-bond donors (Lipinski definition) is 1. The molecule has 0 spiro atoms. The van der Waals surface area contributed by atoms with Gasteiger partial charge in [-0.05, 0) is 25.0 Å². The van der Waals surface area contributed by atoms with Crippen molar-refractivity contribution in [2.24, 2.45) is 0 Å². The van der Waals surface area contributed by atoms with Gasteiger partial charge in [0.1, 0.15) is 10.8 Å². The number of para-hydroxylation sites is 1. The first kappa shape index (κ1) is 13.8. The average molecular weight is 301 g/mol. The number of aromatic nitrogens is 2. The van der Waals surface area contributed by atoms with Crippen LogP contribution in [-0.4, -0.2) is 23.2 Å². The Morgan fingerprint density at radius 1 is 1.38 bits per heavy atom. The fourth-order valence-electron chi connectivity index (χ4n) is 1.90. The first-order valence-corrected chi connectivity index (χ1v) is 7.53. The van der Waals surface area contributed by atoms with Crippen LogP contribution in [0.15, 0.2) is 30.3 Å². The van der Waals surface area contributed by atoms with Gasteiger partial charge in [0.25, 0.3) is 0 Å². The second kappa shape index (κ2) is 6.05. The van der Waals surface area contributed by atoms with Crippen LogP contribution in [0, 0.1) is 0 Å². The summed E-state index contributed by atoms with van der Waals surface area (Å²) in [6, 6.07) is 7.52. The molecule has 6 heteroatoms. The Morgan fingerprint density at radius 3 is 2.95 bits per heavy atom. The van der Waals surface area contributed by atoms with Gasteiger partial charge in [0.05, 0.1) is 7.11 Å². The summed E-state index contributed by atoms with van der Waals surface area (Å²) in [7, 11) is 1.60. The van der Waals surface area contributed by atoms with Gasteiger partial charge in [0.2, 0.25) is 11.0 Å². The van der Waals surface area contributed by atoms with Crippen molar-refractivity contribution in [3.05, 3.63) is 40.9 Å². The Hall–Kier alpha value is -2.21. The number of anilines is 1. The minimum atomic E-state index is -0.223. The van der Waals surface area contributed by atoms with Gasteiger partial charge in [-0.25, -0.2) is 0 Å². The lowest BCUT2D eigenvalue weighted by Crippen LogP contribution is -2.07. The van der Waals surface area contributed by atoms with E-state index in [1.807, 2.05) is 24.3 Å². The van der Waals surface area contributed by atoms with Gasteiger partial charge in [-0.1, -0.05) is 29.5 Å². The number of carbonyl (C=O) groups is 1. The third-order valence-electron chi connectivity index (χ3n) is 3.15. The zero-order valence-corrected chi connectivity index (χ0v) is 12.4. The van der Waals surface area contributed by atoms with E-state index in [-0.39, 0.29) is 5.91 Å². The van der Waals surface area contributed by atoms with Crippen LogP contribution in [0.2, 0.25) is 0 Å². The van der Waals surface area contributed by atoms with Gasteiger partial charge in [-0.3, -0.25) is 10.1 Å². The van der Waals surface area contributed by atoms with Gasteiger partial charge in [-0.15, -0.1) is 10.2 Å². The lowest BCUT2D eigenvalue weighted by atomic mass is 10.2. The van der Waals surface area contributed by atoms with Crippen molar-refractivity contribution in [1.29, 1.82) is 0 Å². The van der Waals surface area contributed by atoms with Gasteiger partial charge in [0.15, 0.2) is 0 Å². The maximum absolute atomic E-state index is 11.9. The smallest absolute Gasteiger partial charge is 0.250 e. The van der Waals surface area contributed by atoms with Crippen molar-refractivity contribution in [3.63, 3.8) is 0 Å². The number of carbonyl (C=O) groups excluding carboxylic acids is 1. The number of rotatable bonds is 5. The number of nitrogens with one attached hydrogen (secondary N) is 1. The summed E-state index contributed by atoms with van der Waals surface area (Å²) < 4.78 is 5.23. The molecule has 1 amide bonds. The van der Waals surface area contributed by atoms with Crippen LogP contribution in [0.5, 0.6) is 5.75 Å². The third-order valence-corrected chi connectivity index (χ3v) is 4.15. The molecule has 0 saturated heterocycles. The van der Waals surface area contributed by atoms with Crippen molar-refractivity contribution in [3.8, 4) is 5.75 Å². The van der Waals surface area contributed by atoms with E-state index in [1.54, 1.807) is 13.2 Å². The molecule has 5 nitrogen and oxygen atoms in total. The zero-order valence-electron chi connectivity index (χ0n) is 11.6. The highest BCUT2D eigenvalue weighted by Crippen LogP contribution is 2.42. The highest BCUT2D eigenvalue weighted by atomic mass is 32.1. The monoisotopic (exact) mass is 301 g/mol. The van der Waals surface area contributed by atoms with Crippen molar-refractivity contribution in [2.75, 3.05) is 12.4 Å². The Kier molecular flexibility index (Phi) is 3.96.